The van der Waals surface area contributed by atoms with Crippen molar-refractivity contribution in [2.24, 2.45) is 0 Å². The molecule has 1 atom stereocenters. The Labute approximate surface area is 178 Å². The predicted molar refractivity (Wildman–Crippen MR) is 116 cm³/mol. The summed E-state index contributed by atoms with van der Waals surface area (Å²) in [5, 5.41) is 5.30. The number of halogens is 1. The minimum Gasteiger partial charge on any atom is -0.337 e. The first-order chi connectivity index (χ1) is 14.5. The molecule has 1 amide bonds. The highest BCUT2D eigenvalue weighted by Gasteiger charge is 2.19. The predicted octanol–water partition coefficient (Wildman–Crippen LogP) is 3.46. The maximum atomic E-state index is 12.9. The minimum atomic E-state index is -0.303. The number of nitrogens with zero attached hydrogens (tertiary/aromatic N) is 5. The zero-order valence-electron chi connectivity index (χ0n) is 16.6. The molecule has 7 nitrogen and oxygen atoms in total. The lowest BCUT2D eigenvalue weighted by molar-refractivity contribution is -0.132. The highest BCUT2D eigenvalue weighted by Crippen LogP contribution is 2.21. The van der Waals surface area contributed by atoms with Gasteiger partial charge >= 0.3 is 0 Å². The third kappa shape index (κ3) is 3.71. The van der Waals surface area contributed by atoms with E-state index < -0.39 is 0 Å². The van der Waals surface area contributed by atoms with E-state index in [4.69, 9.17) is 11.6 Å². The molecule has 30 heavy (non-hydrogen) atoms. The molecule has 4 aromatic rings. The van der Waals surface area contributed by atoms with E-state index in [0.29, 0.717) is 16.1 Å². The number of hydrogen-bond donors (Lipinski definition) is 0. The zero-order valence-corrected chi connectivity index (χ0v) is 17.3. The second-order valence-corrected chi connectivity index (χ2v) is 7.48. The van der Waals surface area contributed by atoms with Crippen molar-refractivity contribution < 1.29 is 4.79 Å². The van der Waals surface area contributed by atoms with E-state index in [1.165, 1.54) is 17.1 Å². The van der Waals surface area contributed by atoms with Crippen LogP contribution in [-0.4, -0.2) is 37.2 Å². The van der Waals surface area contributed by atoms with E-state index in [1.54, 1.807) is 28.8 Å². The number of aromatic nitrogens is 4. The van der Waals surface area contributed by atoms with E-state index in [-0.39, 0.29) is 24.1 Å². The molecule has 152 valence electrons. The first-order valence-corrected chi connectivity index (χ1v) is 9.83. The largest absolute Gasteiger partial charge is 0.337 e. The first kappa shape index (κ1) is 19.8. The molecule has 0 radical (unpaired) electrons. The Morgan fingerprint density at radius 3 is 2.53 bits per heavy atom. The fraction of sp³-hybridized carbons (Fsp3) is 0.182. The van der Waals surface area contributed by atoms with E-state index >= 15 is 0 Å². The van der Waals surface area contributed by atoms with Gasteiger partial charge in [0.15, 0.2) is 5.65 Å². The van der Waals surface area contributed by atoms with Gasteiger partial charge in [-0.25, -0.2) is 9.67 Å². The van der Waals surface area contributed by atoms with Crippen LogP contribution in [0.15, 0.2) is 71.9 Å². The smallest absolute Gasteiger partial charge is 0.264 e. The minimum absolute atomic E-state index is 0.104. The Morgan fingerprint density at radius 1 is 1.13 bits per heavy atom. The van der Waals surface area contributed by atoms with Crippen molar-refractivity contribution in [2.45, 2.75) is 19.5 Å². The Bertz CT molecular complexity index is 1250. The summed E-state index contributed by atoms with van der Waals surface area (Å²) >= 11 is 5.94. The summed E-state index contributed by atoms with van der Waals surface area (Å²) in [6.07, 6.45) is 2.88. The molecule has 0 bridgehead atoms. The van der Waals surface area contributed by atoms with Crippen LogP contribution in [0.5, 0.6) is 0 Å². The lowest BCUT2D eigenvalue weighted by Crippen LogP contribution is -2.35. The lowest BCUT2D eigenvalue weighted by atomic mass is 10.1. The van der Waals surface area contributed by atoms with E-state index in [1.807, 2.05) is 49.4 Å². The molecule has 0 aliphatic rings. The number of likely N-dealkylation sites (N-methyl/N-ethyl adjacent to an activating group) is 1. The van der Waals surface area contributed by atoms with Gasteiger partial charge in [-0.05, 0) is 36.8 Å². The maximum Gasteiger partial charge on any atom is 0.264 e. The standard InChI is InChI=1S/C22H20ClN5O2/c1-15(16-8-10-17(23)11-9-16)26(2)20(29)13-27-14-24-21-19(22(27)30)12-25-28(21)18-6-4-3-5-7-18/h3-12,14-15H,13H2,1-2H3. The van der Waals surface area contributed by atoms with Crippen molar-refractivity contribution in [3.05, 3.63) is 88.1 Å². The number of para-hydroxylation sites is 1. The third-order valence-electron chi connectivity index (χ3n) is 5.19. The van der Waals surface area contributed by atoms with Crippen LogP contribution in [0, 0.1) is 0 Å². The van der Waals surface area contributed by atoms with Crippen molar-refractivity contribution in [1.29, 1.82) is 0 Å². The molecule has 0 aliphatic carbocycles. The van der Waals surface area contributed by atoms with Gasteiger partial charge in [-0.1, -0.05) is 41.9 Å². The fourth-order valence-corrected chi connectivity index (χ4v) is 3.38. The van der Waals surface area contributed by atoms with Gasteiger partial charge in [0.05, 0.1) is 17.9 Å². The Morgan fingerprint density at radius 2 is 1.83 bits per heavy atom. The summed E-state index contributed by atoms with van der Waals surface area (Å²) in [6, 6.07) is 16.6. The Kier molecular flexibility index (Phi) is 5.37. The first-order valence-electron chi connectivity index (χ1n) is 9.45. The van der Waals surface area contributed by atoms with Crippen LogP contribution in [0.25, 0.3) is 16.7 Å². The molecule has 0 saturated carbocycles. The maximum absolute atomic E-state index is 12.9. The normalized spacial score (nSPS) is 12.1. The lowest BCUT2D eigenvalue weighted by Gasteiger charge is -2.25. The molecular formula is C22H20ClN5O2. The SMILES string of the molecule is CC(c1ccc(Cl)cc1)N(C)C(=O)Cn1cnc2c(cnn2-c2ccccc2)c1=O. The number of carbonyl (C=O) groups excluding carboxylic acids is 1. The highest BCUT2D eigenvalue weighted by molar-refractivity contribution is 6.30. The highest BCUT2D eigenvalue weighted by atomic mass is 35.5. The Balaban J connectivity index is 1.58. The van der Waals surface area contributed by atoms with E-state index in [2.05, 4.69) is 10.1 Å². The molecule has 2 heterocycles. The van der Waals surface area contributed by atoms with Gasteiger partial charge in [0.2, 0.25) is 5.91 Å². The number of carbonyl (C=O) groups is 1. The zero-order chi connectivity index (χ0) is 21.3. The van der Waals surface area contributed by atoms with Gasteiger partial charge in [-0.2, -0.15) is 5.10 Å². The van der Waals surface area contributed by atoms with Crippen molar-refractivity contribution in [1.82, 2.24) is 24.2 Å². The van der Waals surface area contributed by atoms with Crippen LogP contribution >= 0.6 is 11.6 Å². The van der Waals surface area contributed by atoms with Crippen LogP contribution in [0.3, 0.4) is 0 Å². The summed E-state index contributed by atoms with van der Waals surface area (Å²) < 4.78 is 2.92. The van der Waals surface area contributed by atoms with Crippen LogP contribution in [0.4, 0.5) is 0 Å². The molecule has 4 rings (SSSR count). The number of benzene rings is 2. The average Bonchev–Trinajstić information content (AvgIpc) is 3.20. The monoisotopic (exact) mass is 421 g/mol. The van der Waals surface area contributed by atoms with E-state index in [0.717, 1.165) is 11.3 Å². The van der Waals surface area contributed by atoms with Crippen molar-refractivity contribution in [2.75, 3.05) is 7.05 Å². The molecule has 0 N–H and O–H groups in total. The van der Waals surface area contributed by atoms with Crippen LogP contribution < -0.4 is 5.56 Å². The molecule has 0 fully saturated rings. The van der Waals surface area contributed by atoms with Crippen LogP contribution in [0.2, 0.25) is 5.02 Å². The second-order valence-electron chi connectivity index (χ2n) is 7.04. The molecule has 2 aromatic heterocycles. The van der Waals surface area contributed by atoms with Gasteiger partial charge in [0.25, 0.3) is 5.56 Å². The second kappa shape index (κ2) is 8.12. The van der Waals surface area contributed by atoms with Crippen molar-refractivity contribution in [3.8, 4) is 5.69 Å². The van der Waals surface area contributed by atoms with Crippen LogP contribution in [-0.2, 0) is 11.3 Å². The third-order valence-corrected chi connectivity index (χ3v) is 5.44. The van der Waals surface area contributed by atoms with Crippen LogP contribution in [0.1, 0.15) is 18.5 Å². The molecule has 2 aromatic carbocycles. The molecule has 1 unspecified atom stereocenters. The van der Waals surface area contributed by atoms with Crippen molar-refractivity contribution in [3.63, 3.8) is 0 Å². The van der Waals surface area contributed by atoms with Gasteiger partial charge in [-0.3, -0.25) is 14.2 Å². The van der Waals surface area contributed by atoms with E-state index in [9.17, 15) is 9.59 Å². The summed E-state index contributed by atoms with van der Waals surface area (Å²) in [6.45, 7) is 1.82. The molecular weight excluding hydrogens is 402 g/mol. The summed E-state index contributed by atoms with van der Waals surface area (Å²) in [5.41, 5.74) is 1.92. The summed E-state index contributed by atoms with van der Waals surface area (Å²) in [5.74, 6) is -0.198. The van der Waals surface area contributed by atoms with Gasteiger partial charge < -0.3 is 4.90 Å². The number of hydrogen-bond acceptors (Lipinski definition) is 4. The number of rotatable bonds is 5. The topological polar surface area (TPSA) is 73.0 Å². The quantitative estimate of drug-likeness (QED) is 0.494. The number of amides is 1. The van der Waals surface area contributed by atoms with Gasteiger partial charge in [0, 0.05) is 12.1 Å². The van der Waals surface area contributed by atoms with Gasteiger partial charge in [0.1, 0.15) is 18.3 Å². The van der Waals surface area contributed by atoms with Gasteiger partial charge in [-0.15, -0.1) is 0 Å². The number of fused-ring (bicyclic) bond motifs is 1. The Hall–Kier alpha value is -3.45. The molecule has 8 heteroatoms. The summed E-state index contributed by atoms with van der Waals surface area (Å²) in [7, 11) is 1.71. The molecule has 0 aliphatic heterocycles. The fourth-order valence-electron chi connectivity index (χ4n) is 3.26. The molecule has 0 saturated heterocycles. The average molecular weight is 422 g/mol. The van der Waals surface area contributed by atoms with Crippen molar-refractivity contribution >= 4 is 28.5 Å². The summed E-state index contributed by atoms with van der Waals surface area (Å²) in [4.78, 5) is 31.7. The molecule has 0 spiro atoms.